The Morgan fingerprint density at radius 1 is 1.09 bits per heavy atom. The van der Waals surface area contributed by atoms with Gasteiger partial charge in [-0.05, 0) is 43.7 Å². The third-order valence-electron chi connectivity index (χ3n) is 5.81. The standard InChI is InChI=1S/C24H22ClFN6O2/c1-13-14(2)29-23-22(28-13)21(17-5-4-16(25)11-18(17)26)30-24(31-23)32-8-9-34-19(12-32)15-6-7-27-20(10-15)33-3/h4-7,10-11,19H,8-9,12H2,1-3H3. The zero-order valence-corrected chi connectivity index (χ0v) is 19.7. The minimum Gasteiger partial charge on any atom is -0.481 e. The molecule has 1 aliphatic rings. The number of rotatable bonds is 4. The van der Waals surface area contributed by atoms with Gasteiger partial charge in [-0.15, -0.1) is 0 Å². The number of methoxy groups -OCH3 is 1. The van der Waals surface area contributed by atoms with E-state index in [4.69, 9.17) is 31.0 Å². The van der Waals surface area contributed by atoms with Gasteiger partial charge in [-0.2, -0.15) is 4.98 Å². The molecule has 1 fully saturated rings. The smallest absolute Gasteiger partial charge is 0.228 e. The summed E-state index contributed by atoms with van der Waals surface area (Å²) < 4.78 is 26.2. The molecule has 1 aliphatic heterocycles. The predicted octanol–water partition coefficient (Wildman–Crippen LogP) is 4.48. The molecule has 8 nitrogen and oxygen atoms in total. The molecule has 34 heavy (non-hydrogen) atoms. The number of hydrogen-bond donors (Lipinski definition) is 0. The second-order valence-electron chi connectivity index (χ2n) is 8.00. The summed E-state index contributed by atoms with van der Waals surface area (Å²) in [6.45, 7) is 5.27. The Kier molecular flexibility index (Phi) is 5.97. The molecule has 1 aromatic carbocycles. The summed E-state index contributed by atoms with van der Waals surface area (Å²) in [5.74, 6) is 0.465. The van der Waals surface area contributed by atoms with Gasteiger partial charge in [-0.1, -0.05) is 11.6 Å². The van der Waals surface area contributed by atoms with E-state index >= 15 is 0 Å². The third-order valence-corrected chi connectivity index (χ3v) is 6.04. The maximum Gasteiger partial charge on any atom is 0.228 e. The first-order valence-electron chi connectivity index (χ1n) is 10.8. The van der Waals surface area contributed by atoms with Crippen molar-refractivity contribution in [2.24, 2.45) is 0 Å². The number of benzene rings is 1. The minimum atomic E-state index is -0.484. The number of anilines is 1. The molecule has 0 aliphatic carbocycles. The molecular formula is C24H22ClFN6O2. The van der Waals surface area contributed by atoms with Crippen molar-refractivity contribution in [3.8, 4) is 17.1 Å². The maximum absolute atomic E-state index is 14.9. The van der Waals surface area contributed by atoms with Crippen LogP contribution in [0.2, 0.25) is 5.02 Å². The lowest BCUT2D eigenvalue weighted by Crippen LogP contribution is -2.39. The van der Waals surface area contributed by atoms with Crippen LogP contribution in [-0.4, -0.2) is 51.7 Å². The number of ether oxygens (including phenoxy) is 2. The Hall–Kier alpha value is -3.43. The molecule has 0 saturated carbocycles. The number of fused-ring (bicyclic) bond motifs is 1. The number of aryl methyl sites for hydroxylation is 2. The van der Waals surface area contributed by atoms with Gasteiger partial charge in [0.15, 0.2) is 5.65 Å². The van der Waals surface area contributed by atoms with Gasteiger partial charge in [-0.25, -0.2) is 24.3 Å². The Labute approximate surface area is 200 Å². The average molecular weight is 481 g/mol. The van der Waals surface area contributed by atoms with Gasteiger partial charge in [0.05, 0.1) is 31.6 Å². The second-order valence-corrected chi connectivity index (χ2v) is 8.44. The molecule has 0 N–H and O–H groups in total. The van der Waals surface area contributed by atoms with Crippen molar-refractivity contribution in [2.75, 3.05) is 31.7 Å². The van der Waals surface area contributed by atoms with Gasteiger partial charge < -0.3 is 14.4 Å². The fourth-order valence-electron chi connectivity index (χ4n) is 3.88. The van der Waals surface area contributed by atoms with E-state index in [0.29, 0.717) is 59.0 Å². The first-order chi connectivity index (χ1) is 16.4. The molecule has 0 bridgehead atoms. The van der Waals surface area contributed by atoms with Crippen LogP contribution in [0.3, 0.4) is 0 Å². The molecule has 3 aromatic heterocycles. The summed E-state index contributed by atoms with van der Waals surface area (Å²) in [6.07, 6.45) is 1.46. The van der Waals surface area contributed by atoms with Crippen LogP contribution in [0.1, 0.15) is 23.1 Å². The summed E-state index contributed by atoms with van der Waals surface area (Å²) >= 11 is 5.98. The zero-order chi connectivity index (χ0) is 23.8. The van der Waals surface area contributed by atoms with Crippen molar-refractivity contribution in [1.82, 2.24) is 24.9 Å². The Bertz CT molecular complexity index is 1390. The van der Waals surface area contributed by atoms with E-state index in [0.717, 1.165) is 17.0 Å². The molecule has 0 amide bonds. The molecule has 174 valence electrons. The highest BCUT2D eigenvalue weighted by molar-refractivity contribution is 6.30. The molecule has 1 saturated heterocycles. The monoisotopic (exact) mass is 480 g/mol. The summed E-state index contributed by atoms with van der Waals surface area (Å²) in [7, 11) is 1.57. The highest BCUT2D eigenvalue weighted by Gasteiger charge is 2.26. The van der Waals surface area contributed by atoms with Gasteiger partial charge in [0.1, 0.15) is 23.1 Å². The normalized spacial score (nSPS) is 16.1. The van der Waals surface area contributed by atoms with Crippen LogP contribution in [-0.2, 0) is 4.74 Å². The molecule has 10 heteroatoms. The summed E-state index contributed by atoms with van der Waals surface area (Å²) in [4.78, 5) is 24.9. The van der Waals surface area contributed by atoms with Gasteiger partial charge in [0.2, 0.25) is 11.8 Å². The highest BCUT2D eigenvalue weighted by atomic mass is 35.5. The van der Waals surface area contributed by atoms with Crippen LogP contribution in [0.5, 0.6) is 5.88 Å². The topological polar surface area (TPSA) is 86.2 Å². The van der Waals surface area contributed by atoms with Crippen molar-refractivity contribution in [2.45, 2.75) is 20.0 Å². The number of halogens is 2. The largest absolute Gasteiger partial charge is 0.481 e. The number of nitrogens with zero attached hydrogens (tertiary/aromatic N) is 6. The second kappa shape index (κ2) is 9.08. The third kappa shape index (κ3) is 4.24. The molecule has 0 radical (unpaired) electrons. The predicted molar refractivity (Wildman–Crippen MR) is 127 cm³/mol. The summed E-state index contributed by atoms with van der Waals surface area (Å²) in [5, 5.41) is 0.307. The molecule has 5 rings (SSSR count). The SMILES string of the molecule is COc1cc(C2CN(c3nc(-c4ccc(Cl)cc4F)c4nc(C)c(C)nc4n3)CCO2)ccn1. The van der Waals surface area contributed by atoms with E-state index in [1.165, 1.54) is 6.07 Å². The first-order valence-corrected chi connectivity index (χ1v) is 11.2. The maximum atomic E-state index is 14.9. The van der Waals surface area contributed by atoms with Gasteiger partial charge in [0, 0.05) is 29.4 Å². The van der Waals surface area contributed by atoms with Crippen molar-refractivity contribution in [3.63, 3.8) is 0 Å². The van der Waals surface area contributed by atoms with Crippen molar-refractivity contribution < 1.29 is 13.9 Å². The van der Waals surface area contributed by atoms with Crippen LogP contribution in [0.15, 0.2) is 36.5 Å². The molecule has 0 spiro atoms. The fourth-order valence-corrected chi connectivity index (χ4v) is 4.04. The van der Waals surface area contributed by atoms with Crippen LogP contribution in [0.4, 0.5) is 10.3 Å². The summed E-state index contributed by atoms with van der Waals surface area (Å²) in [5.41, 5.74) is 3.94. The van der Waals surface area contributed by atoms with E-state index in [9.17, 15) is 4.39 Å². The van der Waals surface area contributed by atoms with Crippen molar-refractivity contribution >= 4 is 28.7 Å². The summed E-state index contributed by atoms with van der Waals surface area (Å²) in [6, 6.07) is 8.24. The lowest BCUT2D eigenvalue weighted by atomic mass is 10.1. The Morgan fingerprint density at radius 2 is 1.91 bits per heavy atom. The minimum absolute atomic E-state index is 0.230. The van der Waals surface area contributed by atoms with E-state index in [2.05, 4.69) is 15.0 Å². The molecular weight excluding hydrogens is 459 g/mol. The van der Waals surface area contributed by atoms with Crippen LogP contribution >= 0.6 is 11.6 Å². The van der Waals surface area contributed by atoms with E-state index < -0.39 is 5.82 Å². The Morgan fingerprint density at radius 3 is 2.71 bits per heavy atom. The van der Waals surface area contributed by atoms with E-state index in [1.807, 2.05) is 30.9 Å². The van der Waals surface area contributed by atoms with Gasteiger partial charge in [0.25, 0.3) is 0 Å². The lowest BCUT2D eigenvalue weighted by Gasteiger charge is -2.33. The number of morpholine rings is 1. The molecule has 4 heterocycles. The van der Waals surface area contributed by atoms with E-state index in [1.54, 1.807) is 25.4 Å². The van der Waals surface area contributed by atoms with Crippen molar-refractivity contribution in [1.29, 1.82) is 0 Å². The van der Waals surface area contributed by atoms with Crippen molar-refractivity contribution in [3.05, 3.63) is 64.3 Å². The number of aromatic nitrogens is 5. The zero-order valence-electron chi connectivity index (χ0n) is 18.9. The fraction of sp³-hybridized carbons (Fsp3) is 0.292. The van der Waals surface area contributed by atoms with Crippen LogP contribution in [0.25, 0.3) is 22.4 Å². The Balaban J connectivity index is 1.60. The average Bonchev–Trinajstić information content (AvgIpc) is 2.84. The molecule has 4 aromatic rings. The van der Waals surface area contributed by atoms with Crippen LogP contribution in [0, 0.1) is 19.7 Å². The molecule has 1 unspecified atom stereocenters. The van der Waals surface area contributed by atoms with Crippen LogP contribution < -0.4 is 9.64 Å². The first kappa shape index (κ1) is 22.4. The van der Waals surface area contributed by atoms with E-state index in [-0.39, 0.29) is 6.10 Å². The quantitative estimate of drug-likeness (QED) is 0.422. The number of pyridine rings is 1. The number of hydrogen-bond acceptors (Lipinski definition) is 8. The highest BCUT2D eigenvalue weighted by Crippen LogP contribution is 2.32. The van der Waals surface area contributed by atoms with Gasteiger partial charge in [-0.3, -0.25) is 0 Å². The molecule has 1 atom stereocenters. The lowest BCUT2D eigenvalue weighted by molar-refractivity contribution is 0.0390. The van der Waals surface area contributed by atoms with Gasteiger partial charge >= 0.3 is 0 Å².